The highest BCUT2D eigenvalue weighted by atomic mass is 32.2. The highest BCUT2D eigenvalue weighted by molar-refractivity contribution is 8.22. The molecule has 0 aromatic heterocycles. The SMILES string of the molecule is CCCCCCOC(=S)SCC1=C(C(=O)O)N2C(=O)[C@](NC(=O)CCCC(N)C(=O)O)(OC)[C@@H]2SC1. The average molecular weight is 564 g/mol. The Morgan fingerprint density at radius 3 is 2.64 bits per heavy atom. The molecule has 2 amide bonds. The minimum atomic E-state index is -1.70. The van der Waals surface area contributed by atoms with Crippen LogP contribution in [0.1, 0.15) is 51.9 Å². The number of aliphatic carboxylic acids is 2. The summed E-state index contributed by atoms with van der Waals surface area (Å²) in [6, 6.07) is -1.08. The second kappa shape index (κ2) is 14.2. The van der Waals surface area contributed by atoms with Crippen LogP contribution in [0.25, 0.3) is 0 Å². The van der Waals surface area contributed by atoms with Crippen molar-refractivity contribution in [1.29, 1.82) is 0 Å². The van der Waals surface area contributed by atoms with E-state index in [1.165, 1.54) is 30.6 Å². The molecule has 202 valence electrons. The molecule has 2 aliphatic heterocycles. The van der Waals surface area contributed by atoms with E-state index in [-0.39, 0.29) is 30.7 Å². The van der Waals surface area contributed by atoms with Crippen molar-refractivity contribution in [2.45, 2.75) is 69.0 Å². The van der Waals surface area contributed by atoms with Gasteiger partial charge in [0.1, 0.15) is 17.1 Å². The van der Waals surface area contributed by atoms with Crippen LogP contribution in [0.3, 0.4) is 0 Å². The largest absolute Gasteiger partial charge is 0.480 e. The fraction of sp³-hybridized carbons (Fsp3) is 0.682. The van der Waals surface area contributed by atoms with E-state index in [1.807, 2.05) is 0 Å². The van der Waals surface area contributed by atoms with E-state index in [9.17, 15) is 24.3 Å². The van der Waals surface area contributed by atoms with Gasteiger partial charge in [0.05, 0.1) is 6.61 Å². The van der Waals surface area contributed by atoms with Crippen LogP contribution in [-0.2, 0) is 28.7 Å². The Hall–Kier alpha value is -1.87. The number of carboxylic acids is 2. The van der Waals surface area contributed by atoms with Crippen molar-refractivity contribution in [3.05, 3.63) is 11.3 Å². The number of nitrogens with zero attached hydrogens (tertiary/aromatic N) is 1. The van der Waals surface area contributed by atoms with Crippen LogP contribution in [0.4, 0.5) is 0 Å². The lowest BCUT2D eigenvalue weighted by molar-refractivity contribution is -0.192. The van der Waals surface area contributed by atoms with E-state index < -0.39 is 40.9 Å². The quantitative estimate of drug-likeness (QED) is 0.0989. The molecule has 11 nitrogen and oxygen atoms in total. The van der Waals surface area contributed by atoms with Crippen molar-refractivity contribution in [2.24, 2.45) is 5.73 Å². The van der Waals surface area contributed by atoms with Crippen molar-refractivity contribution in [2.75, 3.05) is 25.2 Å². The summed E-state index contributed by atoms with van der Waals surface area (Å²) in [5.41, 5.74) is 4.13. The second-order valence-electron chi connectivity index (χ2n) is 8.37. The number of methoxy groups -OCH3 is 1. The van der Waals surface area contributed by atoms with Gasteiger partial charge < -0.3 is 30.7 Å². The summed E-state index contributed by atoms with van der Waals surface area (Å²) in [7, 11) is 1.27. The zero-order valence-corrected chi connectivity index (χ0v) is 22.8. The smallest absolute Gasteiger partial charge is 0.352 e. The Morgan fingerprint density at radius 2 is 2.03 bits per heavy atom. The molecule has 0 aliphatic carbocycles. The number of hydrogen-bond donors (Lipinski definition) is 4. The number of fused-ring (bicyclic) bond motifs is 1. The first-order chi connectivity index (χ1) is 17.1. The Labute approximate surface area is 223 Å². The first kappa shape index (κ1) is 30.4. The second-order valence-corrected chi connectivity index (χ2v) is 11.0. The lowest BCUT2D eigenvalue weighted by Gasteiger charge is -2.55. The number of hydrogen-bond acceptors (Lipinski definition) is 10. The van der Waals surface area contributed by atoms with Gasteiger partial charge in [-0.15, -0.1) is 11.8 Å². The summed E-state index contributed by atoms with van der Waals surface area (Å²) in [5.74, 6) is -3.06. The van der Waals surface area contributed by atoms with Crippen molar-refractivity contribution < 1.29 is 38.9 Å². The molecule has 0 aromatic rings. The highest BCUT2D eigenvalue weighted by Crippen LogP contribution is 2.47. The summed E-state index contributed by atoms with van der Waals surface area (Å²) in [4.78, 5) is 49.6. The van der Waals surface area contributed by atoms with Crippen molar-refractivity contribution >= 4 is 63.9 Å². The van der Waals surface area contributed by atoms with Crippen LogP contribution in [-0.4, -0.2) is 85.6 Å². The Balaban J connectivity index is 2.00. The highest BCUT2D eigenvalue weighted by Gasteiger charge is 2.66. The van der Waals surface area contributed by atoms with Gasteiger partial charge in [-0.05, 0) is 37.1 Å². The van der Waals surface area contributed by atoms with Gasteiger partial charge in [0.25, 0.3) is 11.6 Å². The molecule has 2 rings (SSSR count). The molecule has 3 atom stereocenters. The predicted octanol–water partition coefficient (Wildman–Crippen LogP) is 1.90. The average Bonchev–Trinajstić information content (AvgIpc) is 2.84. The van der Waals surface area contributed by atoms with Crippen LogP contribution >= 0.6 is 35.7 Å². The van der Waals surface area contributed by atoms with Gasteiger partial charge in [-0.2, -0.15) is 0 Å². The zero-order valence-electron chi connectivity index (χ0n) is 20.3. The van der Waals surface area contributed by atoms with Crippen molar-refractivity contribution in [3.8, 4) is 0 Å². The van der Waals surface area contributed by atoms with Crippen LogP contribution in [0, 0.1) is 0 Å². The first-order valence-corrected chi connectivity index (χ1v) is 14.1. The number of carbonyl (C=O) groups excluding carboxylic acids is 2. The number of ether oxygens (including phenoxy) is 2. The third-order valence-electron chi connectivity index (χ3n) is 5.78. The lowest BCUT2D eigenvalue weighted by atomic mass is 9.98. The van der Waals surface area contributed by atoms with Gasteiger partial charge in [-0.1, -0.05) is 37.9 Å². The molecule has 1 fully saturated rings. The molecule has 14 heteroatoms. The maximum absolute atomic E-state index is 13.1. The van der Waals surface area contributed by atoms with E-state index in [1.54, 1.807) is 0 Å². The molecule has 1 unspecified atom stereocenters. The number of unbranched alkanes of at least 4 members (excludes halogenated alkanes) is 3. The minimum Gasteiger partial charge on any atom is -0.480 e. The van der Waals surface area contributed by atoms with Gasteiger partial charge >= 0.3 is 11.9 Å². The molecule has 0 saturated carbocycles. The lowest BCUT2D eigenvalue weighted by Crippen LogP contribution is -2.80. The summed E-state index contributed by atoms with van der Waals surface area (Å²) in [5, 5.41) is 20.5. The normalized spacial score (nSPS) is 21.9. The molecular formula is C22H33N3O8S3. The van der Waals surface area contributed by atoms with Crippen LogP contribution in [0.2, 0.25) is 0 Å². The number of nitrogens with one attached hydrogen (secondary N) is 1. The van der Waals surface area contributed by atoms with E-state index in [0.29, 0.717) is 22.3 Å². The van der Waals surface area contributed by atoms with Gasteiger partial charge in [0.2, 0.25) is 10.3 Å². The first-order valence-electron chi connectivity index (χ1n) is 11.6. The van der Waals surface area contributed by atoms with Gasteiger partial charge in [-0.25, -0.2) is 4.79 Å². The summed E-state index contributed by atoms with van der Waals surface area (Å²) >= 11 is 7.73. The summed E-state index contributed by atoms with van der Waals surface area (Å²) in [6.45, 7) is 2.63. The molecule has 36 heavy (non-hydrogen) atoms. The zero-order chi connectivity index (χ0) is 26.9. The van der Waals surface area contributed by atoms with Gasteiger partial charge in [0.15, 0.2) is 0 Å². The number of rotatable bonds is 15. The van der Waals surface area contributed by atoms with Gasteiger partial charge in [0, 0.05) is 25.0 Å². The molecule has 2 heterocycles. The third kappa shape index (κ3) is 7.34. The van der Waals surface area contributed by atoms with Crippen molar-refractivity contribution in [3.63, 3.8) is 0 Å². The topological polar surface area (TPSA) is 168 Å². The van der Waals surface area contributed by atoms with Crippen LogP contribution in [0.5, 0.6) is 0 Å². The fourth-order valence-corrected chi connectivity index (χ4v) is 6.33. The van der Waals surface area contributed by atoms with Crippen LogP contribution in [0.15, 0.2) is 11.3 Å². The number of thioether (sulfide) groups is 2. The number of thiocarbonyl (C=S) groups is 1. The Bertz CT molecular complexity index is 900. The standard InChI is InChI=1S/C22H33N3O8S3/c1-3-4-5-6-10-33-21(34)36-12-13-11-35-20-22(32-2,19(31)25(20)16(13)18(29)30)24-15(26)9-7-8-14(23)17(27)28/h14,20H,3-12,23H2,1-2H3,(H,24,26)(H,27,28)(H,29,30)/t14?,20-,22-/m0/s1. The minimum absolute atomic E-state index is 0.0594. The molecule has 2 aliphatic rings. The maximum atomic E-state index is 13.1. The number of nitrogens with two attached hydrogens (primary N) is 1. The Morgan fingerprint density at radius 1 is 1.31 bits per heavy atom. The monoisotopic (exact) mass is 563 g/mol. The molecule has 1 saturated heterocycles. The molecule has 0 spiro atoms. The molecular weight excluding hydrogens is 530 g/mol. The molecule has 5 N–H and O–H groups in total. The third-order valence-corrected chi connectivity index (χ3v) is 8.47. The summed E-state index contributed by atoms with van der Waals surface area (Å²) < 4.78 is 11.3. The summed E-state index contributed by atoms with van der Waals surface area (Å²) in [6.07, 6.45) is 4.44. The van der Waals surface area contributed by atoms with E-state index in [2.05, 4.69) is 12.2 Å². The number of carbonyl (C=O) groups is 4. The number of amides is 2. The van der Waals surface area contributed by atoms with E-state index in [0.717, 1.165) is 30.6 Å². The van der Waals surface area contributed by atoms with Crippen molar-refractivity contribution in [1.82, 2.24) is 10.2 Å². The van der Waals surface area contributed by atoms with E-state index >= 15 is 0 Å². The Kier molecular flexibility index (Phi) is 11.9. The maximum Gasteiger partial charge on any atom is 0.352 e. The predicted molar refractivity (Wildman–Crippen MR) is 140 cm³/mol. The van der Waals surface area contributed by atoms with Crippen LogP contribution < -0.4 is 11.1 Å². The molecule has 0 aromatic carbocycles. The molecule has 0 bridgehead atoms. The number of β-lactam (4-membered cyclic amide) rings is 1. The molecule has 0 radical (unpaired) electrons. The van der Waals surface area contributed by atoms with Gasteiger partial charge in [-0.3, -0.25) is 19.3 Å². The fourth-order valence-electron chi connectivity index (χ4n) is 3.80. The van der Waals surface area contributed by atoms with E-state index in [4.69, 9.17) is 32.5 Å². The number of carboxylic acid groups (broad SMARTS) is 2.